The number of benzene rings is 2. The number of halogens is 1. The normalized spacial score (nSPS) is 12.5. The first kappa shape index (κ1) is 26.4. The number of carbonyl (C=O) groups is 1. The van der Waals surface area contributed by atoms with E-state index in [1.807, 2.05) is 24.3 Å². The van der Waals surface area contributed by atoms with Crippen molar-refractivity contribution < 1.29 is 17.9 Å². The van der Waals surface area contributed by atoms with E-state index in [0.29, 0.717) is 11.4 Å². The monoisotopic (exact) mass is 479 g/mol. The first-order chi connectivity index (χ1) is 15.4. The van der Waals surface area contributed by atoms with Gasteiger partial charge in [-0.2, -0.15) is 0 Å². The molecule has 0 bridgehead atoms. The largest absolute Gasteiger partial charge is 0.469 e. The van der Waals surface area contributed by atoms with Crippen molar-refractivity contribution in [2.75, 3.05) is 7.11 Å². The minimum atomic E-state index is -3.67. The van der Waals surface area contributed by atoms with Crippen LogP contribution in [0.5, 0.6) is 0 Å². The van der Waals surface area contributed by atoms with Crippen LogP contribution >= 0.6 is 11.6 Å². The fraction of sp³-hybridized carbons (Fsp3) is 0.480. The lowest BCUT2D eigenvalue weighted by molar-refractivity contribution is -0.140. The predicted octanol–water partition coefficient (Wildman–Crippen LogP) is 6.22. The lowest BCUT2D eigenvalue weighted by Gasteiger charge is -2.20. The molecule has 0 fully saturated rings. The number of aryl methyl sites for hydroxylation is 1. The summed E-state index contributed by atoms with van der Waals surface area (Å²) in [5.74, 6) is -0.207. The zero-order chi connectivity index (χ0) is 23.4. The van der Waals surface area contributed by atoms with Crippen LogP contribution in [-0.2, 0) is 26.0 Å². The van der Waals surface area contributed by atoms with E-state index < -0.39 is 10.0 Å². The third-order valence-corrected chi connectivity index (χ3v) is 7.21. The number of esters is 1. The van der Waals surface area contributed by atoms with E-state index in [1.54, 1.807) is 12.1 Å². The summed E-state index contributed by atoms with van der Waals surface area (Å²) in [5.41, 5.74) is 2.05. The summed E-state index contributed by atoms with van der Waals surface area (Å²) < 4.78 is 33.5. The van der Waals surface area contributed by atoms with Crippen LogP contribution in [0.3, 0.4) is 0 Å². The molecule has 0 amide bonds. The summed E-state index contributed by atoms with van der Waals surface area (Å²) in [4.78, 5) is 11.5. The number of sulfonamides is 1. The van der Waals surface area contributed by atoms with Gasteiger partial charge in [-0.15, -0.1) is 0 Å². The Labute approximate surface area is 197 Å². The Balaban J connectivity index is 2.09. The minimum absolute atomic E-state index is 0.206. The average Bonchev–Trinajstić information content (AvgIpc) is 2.78. The van der Waals surface area contributed by atoms with Crippen LogP contribution in [0.4, 0.5) is 0 Å². The summed E-state index contributed by atoms with van der Waals surface area (Å²) in [6, 6.07) is 13.9. The molecule has 2 aromatic carbocycles. The summed E-state index contributed by atoms with van der Waals surface area (Å²) in [5, 5.41) is 0.499. The summed E-state index contributed by atoms with van der Waals surface area (Å²) in [7, 11) is -2.28. The maximum atomic E-state index is 13.0. The van der Waals surface area contributed by atoms with E-state index in [4.69, 9.17) is 11.6 Å². The van der Waals surface area contributed by atoms with Crippen LogP contribution < -0.4 is 4.72 Å². The Kier molecular flexibility index (Phi) is 11.2. The number of nitrogens with one attached hydrogen (secondary N) is 1. The molecule has 1 N–H and O–H groups in total. The van der Waals surface area contributed by atoms with Gasteiger partial charge in [0.1, 0.15) is 0 Å². The van der Waals surface area contributed by atoms with Crippen LogP contribution in [0.2, 0.25) is 5.02 Å². The van der Waals surface area contributed by atoms with Gasteiger partial charge in [0.25, 0.3) is 0 Å². The molecule has 1 atom stereocenters. The molecule has 0 aliphatic rings. The van der Waals surface area contributed by atoms with Gasteiger partial charge in [0.2, 0.25) is 10.0 Å². The molecule has 2 aromatic rings. The Morgan fingerprint density at radius 1 is 0.969 bits per heavy atom. The summed E-state index contributed by atoms with van der Waals surface area (Å²) in [6.07, 6.45) is 8.17. The smallest absolute Gasteiger partial charge is 0.305 e. The van der Waals surface area contributed by atoms with Crippen molar-refractivity contribution in [1.82, 2.24) is 4.72 Å². The SMILES string of the molecule is CCCCCCCC(NS(=O)(=O)c1ccc(Cl)cc1)c1ccc(CCCC(=O)OC)cc1. The van der Waals surface area contributed by atoms with Crippen molar-refractivity contribution >= 4 is 27.6 Å². The molecule has 0 saturated heterocycles. The van der Waals surface area contributed by atoms with Gasteiger partial charge < -0.3 is 4.74 Å². The first-order valence-electron chi connectivity index (χ1n) is 11.3. The van der Waals surface area contributed by atoms with Gasteiger partial charge >= 0.3 is 5.97 Å². The van der Waals surface area contributed by atoms with E-state index in [0.717, 1.165) is 49.7 Å². The number of unbranched alkanes of at least 4 members (excludes halogenated alkanes) is 4. The van der Waals surface area contributed by atoms with E-state index in [2.05, 4.69) is 16.4 Å². The summed E-state index contributed by atoms with van der Waals surface area (Å²) >= 11 is 5.91. The van der Waals surface area contributed by atoms with Crippen LogP contribution in [-0.4, -0.2) is 21.5 Å². The molecule has 0 spiro atoms. The second-order valence-electron chi connectivity index (χ2n) is 8.00. The van der Waals surface area contributed by atoms with Crippen molar-refractivity contribution in [2.45, 2.75) is 75.6 Å². The maximum absolute atomic E-state index is 13.0. The molecule has 0 saturated carbocycles. The molecule has 0 heterocycles. The molecular formula is C25H34ClNO4S. The number of rotatable bonds is 14. The van der Waals surface area contributed by atoms with Gasteiger partial charge in [0, 0.05) is 17.5 Å². The molecule has 1 unspecified atom stereocenters. The fourth-order valence-corrected chi connectivity index (χ4v) is 4.96. The third-order valence-electron chi connectivity index (χ3n) is 5.47. The van der Waals surface area contributed by atoms with Crippen molar-refractivity contribution in [3.05, 3.63) is 64.7 Å². The number of hydrogen-bond acceptors (Lipinski definition) is 4. The molecule has 5 nitrogen and oxygen atoms in total. The topological polar surface area (TPSA) is 72.5 Å². The van der Waals surface area contributed by atoms with Crippen molar-refractivity contribution in [2.24, 2.45) is 0 Å². The van der Waals surface area contributed by atoms with Gasteiger partial charge in [-0.25, -0.2) is 13.1 Å². The zero-order valence-electron chi connectivity index (χ0n) is 19.0. The quantitative estimate of drug-likeness (QED) is 0.258. The number of hydrogen-bond donors (Lipinski definition) is 1. The van der Waals surface area contributed by atoms with Crippen LogP contribution in [0.1, 0.15) is 75.5 Å². The Bertz CT molecular complexity index is 927. The number of methoxy groups -OCH3 is 1. The first-order valence-corrected chi connectivity index (χ1v) is 13.2. The van der Waals surface area contributed by atoms with E-state index in [9.17, 15) is 13.2 Å². The zero-order valence-corrected chi connectivity index (χ0v) is 20.6. The van der Waals surface area contributed by atoms with Crippen molar-refractivity contribution in [1.29, 1.82) is 0 Å². The van der Waals surface area contributed by atoms with Gasteiger partial charge in [-0.1, -0.05) is 74.9 Å². The fourth-order valence-electron chi connectivity index (χ4n) is 3.57. The molecular weight excluding hydrogens is 446 g/mol. The standard InChI is InChI=1S/C25H34ClNO4S/c1-3-4-5-6-7-10-24(27-32(29,30)23-18-16-22(26)17-19-23)21-14-12-20(13-15-21)9-8-11-25(28)31-2/h12-19,24,27H,3-11H2,1-2H3. The van der Waals surface area contributed by atoms with Gasteiger partial charge in [-0.3, -0.25) is 4.79 Å². The average molecular weight is 480 g/mol. The highest BCUT2D eigenvalue weighted by Gasteiger charge is 2.21. The molecule has 0 radical (unpaired) electrons. The van der Waals surface area contributed by atoms with E-state index in [-0.39, 0.29) is 16.9 Å². The van der Waals surface area contributed by atoms with Crippen molar-refractivity contribution in [3.8, 4) is 0 Å². The van der Waals surface area contributed by atoms with Gasteiger partial charge in [0.05, 0.1) is 12.0 Å². The summed E-state index contributed by atoms with van der Waals surface area (Å²) in [6.45, 7) is 2.18. The molecule has 32 heavy (non-hydrogen) atoms. The van der Waals surface area contributed by atoms with Crippen molar-refractivity contribution in [3.63, 3.8) is 0 Å². The molecule has 176 valence electrons. The minimum Gasteiger partial charge on any atom is -0.469 e. The molecule has 2 rings (SSSR count). The van der Waals surface area contributed by atoms with Gasteiger partial charge in [-0.05, 0) is 54.7 Å². The second-order valence-corrected chi connectivity index (χ2v) is 10.2. The van der Waals surface area contributed by atoms with E-state index >= 15 is 0 Å². The second kappa shape index (κ2) is 13.6. The highest BCUT2D eigenvalue weighted by atomic mass is 35.5. The molecule has 0 aromatic heterocycles. The lowest BCUT2D eigenvalue weighted by Crippen LogP contribution is -2.28. The Morgan fingerprint density at radius 2 is 1.62 bits per heavy atom. The van der Waals surface area contributed by atoms with Crippen LogP contribution in [0, 0.1) is 0 Å². The van der Waals surface area contributed by atoms with E-state index in [1.165, 1.54) is 32.1 Å². The predicted molar refractivity (Wildman–Crippen MR) is 129 cm³/mol. The third kappa shape index (κ3) is 8.93. The Morgan fingerprint density at radius 3 is 2.25 bits per heavy atom. The highest BCUT2D eigenvalue weighted by Crippen LogP contribution is 2.25. The Hall–Kier alpha value is -1.89. The van der Waals surface area contributed by atoms with Crippen LogP contribution in [0.15, 0.2) is 53.4 Å². The maximum Gasteiger partial charge on any atom is 0.305 e. The number of ether oxygens (including phenoxy) is 1. The molecule has 0 aliphatic heterocycles. The molecule has 7 heteroatoms. The highest BCUT2D eigenvalue weighted by molar-refractivity contribution is 7.89. The lowest BCUT2D eigenvalue weighted by atomic mass is 9.98. The molecule has 0 aliphatic carbocycles. The van der Waals surface area contributed by atoms with Crippen LogP contribution in [0.25, 0.3) is 0 Å². The van der Waals surface area contributed by atoms with Gasteiger partial charge in [0.15, 0.2) is 0 Å². The number of carbonyl (C=O) groups excluding carboxylic acids is 1.